The van der Waals surface area contributed by atoms with Gasteiger partial charge < -0.3 is 10.8 Å². The molecule has 0 aromatic carbocycles. The van der Waals surface area contributed by atoms with Crippen molar-refractivity contribution in [3.8, 4) is 0 Å². The van der Waals surface area contributed by atoms with Gasteiger partial charge in [-0.1, -0.05) is 0 Å². The zero-order valence-electron chi connectivity index (χ0n) is 4.26. The topological polar surface area (TPSA) is 46.2 Å². The highest BCUT2D eigenvalue weighted by molar-refractivity contribution is 4.61. The van der Waals surface area contributed by atoms with Crippen LogP contribution in [-0.2, 0) is 0 Å². The van der Waals surface area contributed by atoms with Crippen molar-refractivity contribution in [1.29, 1.82) is 0 Å². The molecule has 0 aliphatic rings. The van der Waals surface area contributed by atoms with E-state index in [0.29, 0.717) is 0 Å². The van der Waals surface area contributed by atoms with E-state index in [-0.39, 0.29) is 6.54 Å². The van der Waals surface area contributed by atoms with Gasteiger partial charge in [-0.3, -0.25) is 0 Å². The summed E-state index contributed by atoms with van der Waals surface area (Å²) >= 11 is 0. The van der Waals surface area contributed by atoms with E-state index in [2.05, 4.69) is 0 Å². The monoisotopic (exact) mass is 107 g/mol. The average Bonchev–Trinajstić information content (AvgIpc) is 1.65. The van der Waals surface area contributed by atoms with Gasteiger partial charge in [-0.15, -0.1) is 0 Å². The molecular formula is C4H10FNO. The lowest BCUT2D eigenvalue weighted by Crippen LogP contribution is -2.26. The number of halogens is 1. The van der Waals surface area contributed by atoms with E-state index in [1.165, 1.54) is 6.92 Å². The van der Waals surface area contributed by atoms with Crippen LogP contribution < -0.4 is 5.73 Å². The average molecular weight is 107 g/mol. The SMILES string of the molecule is CC(O)[C@H](F)CN. The van der Waals surface area contributed by atoms with Gasteiger partial charge in [0, 0.05) is 6.54 Å². The molecule has 2 atom stereocenters. The van der Waals surface area contributed by atoms with Crippen LogP contribution in [0.3, 0.4) is 0 Å². The Morgan fingerprint density at radius 1 is 1.86 bits per heavy atom. The first-order chi connectivity index (χ1) is 3.18. The van der Waals surface area contributed by atoms with Gasteiger partial charge in [-0.2, -0.15) is 0 Å². The van der Waals surface area contributed by atoms with E-state index in [0.717, 1.165) is 0 Å². The molecule has 3 N–H and O–H groups in total. The van der Waals surface area contributed by atoms with Crippen LogP contribution in [0.4, 0.5) is 4.39 Å². The van der Waals surface area contributed by atoms with Crippen LogP contribution in [0.1, 0.15) is 6.92 Å². The molecule has 0 aromatic heterocycles. The lowest BCUT2D eigenvalue weighted by atomic mass is 10.2. The highest BCUT2D eigenvalue weighted by Crippen LogP contribution is 1.92. The molecule has 0 saturated carbocycles. The van der Waals surface area contributed by atoms with Crippen LogP contribution in [0.25, 0.3) is 0 Å². The lowest BCUT2D eigenvalue weighted by Gasteiger charge is -2.05. The predicted molar refractivity (Wildman–Crippen MR) is 25.6 cm³/mol. The Kier molecular flexibility index (Phi) is 2.87. The van der Waals surface area contributed by atoms with E-state index in [9.17, 15) is 4.39 Å². The molecule has 0 saturated heterocycles. The van der Waals surface area contributed by atoms with Crippen molar-refractivity contribution in [3.63, 3.8) is 0 Å². The maximum absolute atomic E-state index is 11.9. The quantitative estimate of drug-likeness (QED) is 0.507. The summed E-state index contributed by atoms with van der Waals surface area (Å²) in [5.74, 6) is 0. The molecule has 0 aliphatic heterocycles. The van der Waals surface area contributed by atoms with E-state index >= 15 is 0 Å². The Bertz CT molecular complexity index is 49.0. The Labute approximate surface area is 42.1 Å². The van der Waals surface area contributed by atoms with Gasteiger partial charge in [0.15, 0.2) is 0 Å². The van der Waals surface area contributed by atoms with Crippen LogP contribution in [-0.4, -0.2) is 23.9 Å². The van der Waals surface area contributed by atoms with Gasteiger partial charge in [-0.25, -0.2) is 4.39 Å². The normalized spacial score (nSPS) is 18.9. The summed E-state index contributed by atoms with van der Waals surface area (Å²) in [6.45, 7) is 1.27. The largest absolute Gasteiger partial charge is 0.390 e. The predicted octanol–water partition coefficient (Wildman–Crippen LogP) is -0.336. The van der Waals surface area contributed by atoms with Gasteiger partial charge in [0.25, 0.3) is 0 Å². The molecule has 2 nitrogen and oxygen atoms in total. The summed E-state index contributed by atoms with van der Waals surface area (Å²) in [5, 5.41) is 8.37. The van der Waals surface area contributed by atoms with Crippen LogP contribution >= 0.6 is 0 Å². The van der Waals surface area contributed by atoms with Crippen molar-refractivity contribution in [1.82, 2.24) is 0 Å². The molecule has 44 valence electrons. The summed E-state index contributed by atoms with van der Waals surface area (Å²) in [6.07, 6.45) is -2.19. The van der Waals surface area contributed by atoms with Crippen molar-refractivity contribution >= 4 is 0 Å². The third-order valence-corrected chi connectivity index (χ3v) is 0.749. The molecule has 0 bridgehead atoms. The molecule has 7 heavy (non-hydrogen) atoms. The van der Waals surface area contributed by atoms with Gasteiger partial charge in [0.2, 0.25) is 0 Å². The molecule has 0 fully saturated rings. The molecule has 0 heterocycles. The van der Waals surface area contributed by atoms with Crippen molar-refractivity contribution in [3.05, 3.63) is 0 Å². The molecule has 0 radical (unpaired) electrons. The third-order valence-electron chi connectivity index (χ3n) is 0.749. The highest BCUT2D eigenvalue weighted by atomic mass is 19.1. The van der Waals surface area contributed by atoms with Crippen molar-refractivity contribution in [2.24, 2.45) is 5.73 Å². The first-order valence-corrected chi connectivity index (χ1v) is 2.20. The van der Waals surface area contributed by atoms with E-state index in [1.54, 1.807) is 0 Å². The van der Waals surface area contributed by atoms with Crippen LogP contribution in [0.15, 0.2) is 0 Å². The zero-order valence-corrected chi connectivity index (χ0v) is 4.26. The Morgan fingerprint density at radius 2 is 2.29 bits per heavy atom. The molecule has 0 aliphatic carbocycles. The number of aliphatic hydroxyl groups excluding tert-OH is 1. The minimum atomic E-state index is -1.26. The zero-order chi connectivity index (χ0) is 5.86. The second kappa shape index (κ2) is 2.93. The second-order valence-corrected chi connectivity index (χ2v) is 1.49. The summed E-state index contributed by atoms with van der Waals surface area (Å²) in [4.78, 5) is 0. The first kappa shape index (κ1) is 6.85. The molecular weight excluding hydrogens is 97.0 g/mol. The molecule has 0 spiro atoms. The van der Waals surface area contributed by atoms with E-state index in [4.69, 9.17) is 10.8 Å². The molecule has 0 aromatic rings. The summed E-state index contributed by atoms with van der Waals surface area (Å²) in [6, 6.07) is 0. The number of rotatable bonds is 2. The van der Waals surface area contributed by atoms with Gasteiger partial charge in [0.1, 0.15) is 6.17 Å². The number of nitrogens with two attached hydrogens (primary N) is 1. The maximum atomic E-state index is 11.9. The number of aliphatic hydroxyl groups is 1. The minimum Gasteiger partial charge on any atom is -0.390 e. The second-order valence-electron chi connectivity index (χ2n) is 1.49. The number of alkyl halides is 1. The fourth-order valence-electron chi connectivity index (χ4n) is 0.197. The van der Waals surface area contributed by atoms with Crippen LogP contribution in [0.2, 0.25) is 0 Å². The molecule has 3 heteroatoms. The fourth-order valence-corrected chi connectivity index (χ4v) is 0.197. The van der Waals surface area contributed by atoms with Gasteiger partial charge >= 0.3 is 0 Å². The smallest absolute Gasteiger partial charge is 0.138 e. The first-order valence-electron chi connectivity index (χ1n) is 2.20. The van der Waals surface area contributed by atoms with Crippen molar-refractivity contribution in [2.75, 3.05) is 6.54 Å². The summed E-state index contributed by atoms with van der Waals surface area (Å²) < 4.78 is 11.9. The van der Waals surface area contributed by atoms with E-state index in [1.807, 2.05) is 0 Å². The number of hydrogen-bond acceptors (Lipinski definition) is 2. The van der Waals surface area contributed by atoms with E-state index < -0.39 is 12.3 Å². The molecule has 0 amide bonds. The molecule has 1 unspecified atom stereocenters. The number of hydrogen-bond donors (Lipinski definition) is 2. The summed E-state index contributed by atoms with van der Waals surface area (Å²) in [5.41, 5.74) is 4.84. The molecule has 0 rings (SSSR count). The third kappa shape index (κ3) is 2.53. The Hall–Kier alpha value is -0.150. The highest BCUT2D eigenvalue weighted by Gasteiger charge is 2.08. The van der Waals surface area contributed by atoms with Crippen molar-refractivity contribution in [2.45, 2.75) is 19.2 Å². The maximum Gasteiger partial charge on any atom is 0.138 e. The van der Waals surface area contributed by atoms with Gasteiger partial charge in [0.05, 0.1) is 6.10 Å². The Morgan fingerprint density at radius 3 is 2.29 bits per heavy atom. The van der Waals surface area contributed by atoms with Crippen LogP contribution in [0, 0.1) is 0 Å². The van der Waals surface area contributed by atoms with Gasteiger partial charge in [-0.05, 0) is 6.92 Å². The fraction of sp³-hybridized carbons (Fsp3) is 1.00. The summed E-state index contributed by atoms with van der Waals surface area (Å²) in [7, 11) is 0. The van der Waals surface area contributed by atoms with Crippen LogP contribution in [0.5, 0.6) is 0 Å². The minimum absolute atomic E-state index is 0.0995. The lowest BCUT2D eigenvalue weighted by molar-refractivity contribution is 0.0980. The standard InChI is InChI=1S/C4H10FNO/c1-3(7)4(5)2-6/h3-4,7H,2,6H2,1H3/t3?,4-/m1/s1. The Balaban J connectivity index is 3.14. The van der Waals surface area contributed by atoms with Crippen molar-refractivity contribution < 1.29 is 9.50 Å².